The smallest absolute Gasteiger partial charge is 0.230 e. The number of amides is 1. The fourth-order valence-electron chi connectivity index (χ4n) is 3.10. The van der Waals surface area contributed by atoms with Crippen LogP contribution in [0, 0.1) is 0 Å². The van der Waals surface area contributed by atoms with Gasteiger partial charge in [-0.15, -0.1) is 0 Å². The quantitative estimate of drug-likeness (QED) is 0.644. The lowest BCUT2D eigenvalue weighted by atomic mass is 9.95. The highest BCUT2D eigenvalue weighted by Gasteiger charge is 2.50. The minimum atomic E-state index is -3.17. The van der Waals surface area contributed by atoms with Crippen LogP contribution in [0.3, 0.4) is 0 Å². The summed E-state index contributed by atoms with van der Waals surface area (Å²) >= 11 is 3.41. The van der Waals surface area contributed by atoms with Gasteiger partial charge in [-0.1, -0.05) is 58.4 Å². The van der Waals surface area contributed by atoms with Gasteiger partial charge < -0.3 is 5.32 Å². The second-order valence-electron chi connectivity index (χ2n) is 6.78. The Morgan fingerprint density at radius 2 is 1.69 bits per heavy atom. The van der Waals surface area contributed by atoms with Gasteiger partial charge in [0.05, 0.1) is 16.9 Å². The summed E-state index contributed by atoms with van der Waals surface area (Å²) < 4.78 is 25.4. The Balaban J connectivity index is 1.47. The fraction of sp³-hybridized carbons (Fsp3) is 0.350. The Morgan fingerprint density at radius 3 is 2.31 bits per heavy atom. The van der Waals surface area contributed by atoms with Gasteiger partial charge in [-0.2, -0.15) is 0 Å². The van der Waals surface area contributed by atoms with Crippen molar-refractivity contribution in [3.63, 3.8) is 0 Å². The number of hydrogen-bond acceptors (Lipinski definition) is 3. The van der Waals surface area contributed by atoms with Gasteiger partial charge in [0.25, 0.3) is 0 Å². The number of carbonyl (C=O) groups excluding carboxylic acids is 1. The van der Waals surface area contributed by atoms with Crippen LogP contribution in [0.4, 0.5) is 0 Å². The standard InChI is InChI=1S/C20H22BrNO3S/c21-18-9-7-17(8-10-18)20(11-12-20)19(23)22-13-4-14-26(24,25)15-16-5-2-1-3-6-16/h1-3,5-10H,4,11-15H2,(H,22,23). The summed E-state index contributed by atoms with van der Waals surface area (Å²) in [7, 11) is -3.17. The molecule has 138 valence electrons. The molecule has 1 aliphatic rings. The minimum absolute atomic E-state index is 0.000259. The van der Waals surface area contributed by atoms with E-state index >= 15 is 0 Å². The molecule has 0 heterocycles. The van der Waals surface area contributed by atoms with Gasteiger partial charge in [0, 0.05) is 11.0 Å². The molecule has 1 amide bonds. The van der Waals surface area contributed by atoms with Crippen LogP contribution in [0.1, 0.15) is 30.4 Å². The zero-order chi connectivity index (χ0) is 18.6. The molecule has 1 aliphatic carbocycles. The molecule has 2 aromatic rings. The Morgan fingerprint density at radius 1 is 1.04 bits per heavy atom. The minimum Gasteiger partial charge on any atom is -0.355 e. The van der Waals surface area contributed by atoms with Crippen LogP contribution >= 0.6 is 15.9 Å². The predicted octanol–water partition coefficient (Wildman–Crippen LogP) is 3.60. The average Bonchev–Trinajstić information content (AvgIpc) is 3.41. The van der Waals surface area contributed by atoms with Gasteiger partial charge in [0.2, 0.25) is 5.91 Å². The second-order valence-corrected chi connectivity index (χ2v) is 9.88. The first-order valence-electron chi connectivity index (χ1n) is 8.70. The molecular weight excluding hydrogens is 414 g/mol. The Hall–Kier alpha value is -1.66. The van der Waals surface area contributed by atoms with Crippen LogP contribution in [0.5, 0.6) is 0 Å². The van der Waals surface area contributed by atoms with Gasteiger partial charge in [-0.3, -0.25) is 4.79 Å². The predicted molar refractivity (Wildman–Crippen MR) is 107 cm³/mol. The van der Waals surface area contributed by atoms with E-state index in [1.807, 2.05) is 54.6 Å². The van der Waals surface area contributed by atoms with E-state index in [-0.39, 0.29) is 17.4 Å². The van der Waals surface area contributed by atoms with Crippen molar-refractivity contribution in [1.82, 2.24) is 5.32 Å². The van der Waals surface area contributed by atoms with E-state index in [1.165, 1.54) is 0 Å². The van der Waals surface area contributed by atoms with Crippen molar-refractivity contribution in [2.75, 3.05) is 12.3 Å². The second kappa shape index (κ2) is 7.92. The molecule has 0 aliphatic heterocycles. The number of nitrogens with one attached hydrogen (secondary N) is 1. The van der Waals surface area contributed by atoms with Crippen molar-refractivity contribution < 1.29 is 13.2 Å². The van der Waals surface area contributed by atoms with Crippen LogP contribution in [-0.4, -0.2) is 26.6 Å². The lowest BCUT2D eigenvalue weighted by Gasteiger charge is -2.16. The average molecular weight is 436 g/mol. The van der Waals surface area contributed by atoms with Crippen LogP contribution in [0.2, 0.25) is 0 Å². The number of hydrogen-bond donors (Lipinski definition) is 1. The third-order valence-corrected chi connectivity index (χ3v) is 6.94. The summed E-state index contributed by atoms with van der Waals surface area (Å²) in [6, 6.07) is 17.0. The first-order valence-corrected chi connectivity index (χ1v) is 11.3. The zero-order valence-electron chi connectivity index (χ0n) is 14.4. The topological polar surface area (TPSA) is 63.2 Å². The molecular formula is C20H22BrNO3S. The lowest BCUT2D eigenvalue weighted by molar-refractivity contribution is -0.123. The summed E-state index contributed by atoms with van der Waals surface area (Å²) in [6.07, 6.45) is 2.11. The van der Waals surface area contributed by atoms with Gasteiger partial charge >= 0.3 is 0 Å². The summed E-state index contributed by atoms with van der Waals surface area (Å²) in [5.74, 6) is 0.123. The molecule has 0 radical (unpaired) electrons. The van der Waals surface area contributed by atoms with E-state index < -0.39 is 15.3 Å². The van der Waals surface area contributed by atoms with E-state index in [4.69, 9.17) is 0 Å². The molecule has 0 saturated heterocycles. The highest BCUT2D eigenvalue weighted by atomic mass is 79.9. The molecule has 6 heteroatoms. The molecule has 0 spiro atoms. The fourth-order valence-corrected chi connectivity index (χ4v) is 4.80. The van der Waals surface area contributed by atoms with Crippen molar-refractivity contribution in [1.29, 1.82) is 0 Å². The van der Waals surface area contributed by atoms with E-state index in [2.05, 4.69) is 21.2 Å². The molecule has 0 bridgehead atoms. The van der Waals surface area contributed by atoms with E-state index in [1.54, 1.807) is 0 Å². The molecule has 0 aromatic heterocycles. The van der Waals surface area contributed by atoms with E-state index in [0.29, 0.717) is 13.0 Å². The Bertz CT molecular complexity index is 860. The van der Waals surface area contributed by atoms with Gasteiger partial charge in [0.1, 0.15) is 0 Å². The number of benzene rings is 2. The van der Waals surface area contributed by atoms with Crippen molar-refractivity contribution in [3.05, 3.63) is 70.2 Å². The van der Waals surface area contributed by atoms with E-state index in [9.17, 15) is 13.2 Å². The van der Waals surface area contributed by atoms with Crippen molar-refractivity contribution in [2.45, 2.75) is 30.4 Å². The number of rotatable bonds is 8. The summed E-state index contributed by atoms with van der Waals surface area (Å²) in [5, 5.41) is 2.92. The molecule has 3 rings (SSSR count). The maximum atomic E-state index is 12.6. The number of sulfone groups is 1. The van der Waals surface area contributed by atoms with Crippen LogP contribution in [-0.2, 0) is 25.8 Å². The van der Waals surface area contributed by atoms with Gasteiger partial charge in [0.15, 0.2) is 9.84 Å². The third-order valence-electron chi connectivity index (χ3n) is 4.73. The van der Waals surface area contributed by atoms with E-state index in [0.717, 1.165) is 28.4 Å². The third kappa shape index (κ3) is 4.74. The highest BCUT2D eigenvalue weighted by Crippen LogP contribution is 2.48. The molecule has 1 N–H and O–H groups in total. The van der Waals surface area contributed by atoms with Crippen molar-refractivity contribution in [3.8, 4) is 0 Å². The summed E-state index contributed by atoms with van der Waals surface area (Å²) in [5.41, 5.74) is 1.39. The van der Waals surface area contributed by atoms with Gasteiger partial charge in [-0.05, 0) is 42.5 Å². The van der Waals surface area contributed by atoms with Crippen LogP contribution in [0.25, 0.3) is 0 Å². The zero-order valence-corrected chi connectivity index (χ0v) is 16.9. The van der Waals surface area contributed by atoms with Crippen molar-refractivity contribution in [2.24, 2.45) is 0 Å². The highest BCUT2D eigenvalue weighted by molar-refractivity contribution is 9.10. The van der Waals surface area contributed by atoms with Crippen LogP contribution < -0.4 is 5.32 Å². The maximum Gasteiger partial charge on any atom is 0.230 e. The Labute approximate surface area is 163 Å². The molecule has 0 unspecified atom stereocenters. The largest absolute Gasteiger partial charge is 0.355 e. The number of carbonyl (C=O) groups is 1. The molecule has 26 heavy (non-hydrogen) atoms. The molecule has 2 aromatic carbocycles. The van der Waals surface area contributed by atoms with Gasteiger partial charge in [-0.25, -0.2) is 8.42 Å². The maximum absolute atomic E-state index is 12.6. The first kappa shape index (κ1) is 19.1. The van der Waals surface area contributed by atoms with Crippen LogP contribution in [0.15, 0.2) is 59.1 Å². The number of halogens is 1. The summed E-state index contributed by atoms with van der Waals surface area (Å²) in [6.45, 7) is 0.380. The molecule has 0 atom stereocenters. The Kier molecular flexibility index (Phi) is 5.82. The molecule has 1 saturated carbocycles. The SMILES string of the molecule is O=C(NCCCS(=O)(=O)Cc1ccccc1)C1(c2ccc(Br)cc2)CC1. The van der Waals surface area contributed by atoms with Crippen molar-refractivity contribution >= 4 is 31.7 Å². The molecule has 4 nitrogen and oxygen atoms in total. The summed E-state index contributed by atoms with van der Waals surface area (Å²) in [4.78, 5) is 12.6. The molecule has 1 fully saturated rings. The first-order chi connectivity index (χ1) is 12.4. The lowest BCUT2D eigenvalue weighted by Crippen LogP contribution is -2.35. The monoisotopic (exact) mass is 435 g/mol. The normalized spacial score (nSPS) is 15.4.